The van der Waals surface area contributed by atoms with Gasteiger partial charge >= 0.3 is 0 Å². The van der Waals surface area contributed by atoms with Crippen LogP contribution < -0.4 is 10.6 Å². The Bertz CT molecular complexity index is 794. The maximum absolute atomic E-state index is 13.6. The number of hydrogen-bond donors (Lipinski definition) is 3. The average Bonchev–Trinajstić information content (AvgIpc) is 3.52. The number of guanidine groups is 1. The summed E-state index contributed by atoms with van der Waals surface area (Å²) in [5.74, 6) is 0.443. The van der Waals surface area contributed by atoms with E-state index < -0.39 is 6.10 Å². The second-order valence-corrected chi connectivity index (χ2v) is 7.52. The molecule has 1 aliphatic rings. The zero-order chi connectivity index (χ0) is 20.5. The van der Waals surface area contributed by atoms with Gasteiger partial charge in [-0.05, 0) is 43.0 Å². The zero-order valence-corrected chi connectivity index (χ0v) is 16.9. The van der Waals surface area contributed by atoms with E-state index in [-0.39, 0.29) is 17.8 Å². The number of aliphatic imine (C=N–C) groups is 1. The largest absolute Gasteiger partial charge is 0.389 e. The second-order valence-electron chi connectivity index (χ2n) is 7.52. The molecule has 29 heavy (non-hydrogen) atoms. The number of aliphatic hydroxyl groups is 1. The summed E-state index contributed by atoms with van der Waals surface area (Å²) in [6, 6.07) is 16.7. The summed E-state index contributed by atoms with van der Waals surface area (Å²) in [5.41, 5.74) is 2.02. The molecule has 0 amide bonds. The van der Waals surface area contributed by atoms with Crippen molar-refractivity contribution in [2.24, 2.45) is 4.99 Å². The van der Waals surface area contributed by atoms with Gasteiger partial charge in [0.1, 0.15) is 5.82 Å². The SMILES string of the molecule is CCNC(=NCC1(c2cccc(F)c2)CC1)NCC(O)COCc1ccccc1. The van der Waals surface area contributed by atoms with Crippen molar-refractivity contribution < 1.29 is 14.2 Å². The van der Waals surface area contributed by atoms with Crippen molar-refractivity contribution >= 4 is 5.96 Å². The van der Waals surface area contributed by atoms with Gasteiger partial charge in [0.05, 0.1) is 25.9 Å². The van der Waals surface area contributed by atoms with E-state index in [0.29, 0.717) is 25.7 Å². The van der Waals surface area contributed by atoms with Gasteiger partial charge in [0.25, 0.3) is 0 Å². The molecule has 1 fully saturated rings. The van der Waals surface area contributed by atoms with E-state index in [1.165, 1.54) is 6.07 Å². The van der Waals surface area contributed by atoms with Crippen LogP contribution in [0.3, 0.4) is 0 Å². The topological polar surface area (TPSA) is 65.9 Å². The van der Waals surface area contributed by atoms with Crippen LogP contribution in [0.4, 0.5) is 4.39 Å². The maximum Gasteiger partial charge on any atom is 0.191 e. The Hall–Kier alpha value is -2.44. The van der Waals surface area contributed by atoms with Gasteiger partial charge in [-0.2, -0.15) is 0 Å². The summed E-state index contributed by atoms with van der Waals surface area (Å²) in [7, 11) is 0. The molecule has 156 valence electrons. The number of hydrogen-bond acceptors (Lipinski definition) is 3. The lowest BCUT2D eigenvalue weighted by Gasteiger charge is -2.18. The van der Waals surface area contributed by atoms with Crippen LogP contribution in [-0.2, 0) is 16.8 Å². The summed E-state index contributed by atoms with van der Waals surface area (Å²) in [6.07, 6.45) is 1.38. The fraction of sp³-hybridized carbons (Fsp3) is 0.435. The molecule has 1 atom stereocenters. The minimum atomic E-state index is -0.638. The molecule has 0 saturated heterocycles. The van der Waals surface area contributed by atoms with Gasteiger partial charge in [0.2, 0.25) is 0 Å². The zero-order valence-electron chi connectivity index (χ0n) is 16.9. The van der Waals surface area contributed by atoms with E-state index >= 15 is 0 Å². The monoisotopic (exact) mass is 399 g/mol. The molecular formula is C23H30FN3O2. The van der Waals surface area contributed by atoms with Crippen LogP contribution >= 0.6 is 0 Å². The molecule has 2 aromatic rings. The Balaban J connectivity index is 1.46. The standard InChI is InChI=1S/C23H30FN3O2/c1-2-25-22(26-14-21(28)16-29-15-18-7-4-3-5-8-18)27-17-23(11-12-23)19-9-6-10-20(24)13-19/h3-10,13,21,28H,2,11-12,14-17H2,1H3,(H2,25,26,27). The third-order valence-electron chi connectivity index (χ3n) is 5.10. The third kappa shape index (κ3) is 6.54. The van der Waals surface area contributed by atoms with E-state index in [1.807, 2.05) is 43.3 Å². The highest BCUT2D eigenvalue weighted by atomic mass is 19.1. The van der Waals surface area contributed by atoms with Gasteiger partial charge in [-0.3, -0.25) is 4.99 Å². The van der Waals surface area contributed by atoms with E-state index in [0.717, 1.165) is 30.5 Å². The normalized spacial score (nSPS) is 16.3. The molecule has 6 heteroatoms. The number of halogens is 1. The van der Waals surface area contributed by atoms with Crippen molar-refractivity contribution in [3.8, 4) is 0 Å². The number of rotatable bonds is 10. The van der Waals surface area contributed by atoms with Crippen LogP contribution in [0.25, 0.3) is 0 Å². The Morgan fingerprint density at radius 1 is 1.17 bits per heavy atom. The lowest BCUT2D eigenvalue weighted by atomic mass is 9.96. The fourth-order valence-electron chi connectivity index (χ4n) is 3.24. The van der Waals surface area contributed by atoms with E-state index in [1.54, 1.807) is 12.1 Å². The molecular weight excluding hydrogens is 369 g/mol. The quantitative estimate of drug-likeness (QED) is 0.425. The van der Waals surface area contributed by atoms with Crippen molar-refractivity contribution in [2.75, 3.05) is 26.2 Å². The number of aliphatic hydroxyl groups excluding tert-OH is 1. The van der Waals surface area contributed by atoms with Crippen molar-refractivity contribution in [1.29, 1.82) is 0 Å². The first-order valence-corrected chi connectivity index (χ1v) is 10.2. The first-order valence-electron chi connectivity index (χ1n) is 10.2. The van der Waals surface area contributed by atoms with Crippen LogP contribution in [0.5, 0.6) is 0 Å². The summed E-state index contributed by atoms with van der Waals surface area (Å²) in [4.78, 5) is 4.67. The Kier molecular flexibility index (Phi) is 7.61. The third-order valence-corrected chi connectivity index (χ3v) is 5.10. The van der Waals surface area contributed by atoms with Crippen molar-refractivity contribution in [3.05, 3.63) is 71.5 Å². The van der Waals surface area contributed by atoms with Crippen molar-refractivity contribution in [3.63, 3.8) is 0 Å². The molecule has 2 aromatic carbocycles. The van der Waals surface area contributed by atoms with Gasteiger partial charge in [0.15, 0.2) is 5.96 Å². The highest BCUT2D eigenvalue weighted by Gasteiger charge is 2.44. The smallest absolute Gasteiger partial charge is 0.191 e. The van der Waals surface area contributed by atoms with Crippen LogP contribution in [0.15, 0.2) is 59.6 Å². The molecule has 3 N–H and O–H groups in total. The van der Waals surface area contributed by atoms with Gasteiger partial charge in [-0.15, -0.1) is 0 Å². The highest BCUT2D eigenvalue weighted by Crippen LogP contribution is 2.48. The van der Waals surface area contributed by atoms with Crippen LogP contribution in [0, 0.1) is 5.82 Å². The lowest BCUT2D eigenvalue weighted by Crippen LogP contribution is -2.42. The number of benzene rings is 2. The predicted octanol–water partition coefficient (Wildman–Crippen LogP) is 2.99. The average molecular weight is 400 g/mol. The maximum atomic E-state index is 13.6. The molecule has 0 aliphatic heterocycles. The summed E-state index contributed by atoms with van der Waals surface area (Å²) >= 11 is 0. The summed E-state index contributed by atoms with van der Waals surface area (Å²) in [5, 5.41) is 16.5. The van der Waals surface area contributed by atoms with Crippen molar-refractivity contribution in [1.82, 2.24) is 10.6 Å². The Morgan fingerprint density at radius 2 is 1.97 bits per heavy atom. The van der Waals surface area contributed by atoms with Crippen molar-refractivity contribution in [2.45, 2.75) is 37.9 Å². The first kappa shape index (κ1) is 21.3. The molecule has 3 rings (SSSR count). The summed E-state index contributed by atoms with van der Waals surface area (Å²) in [6.45, 7) is 4.37. The Labute approximate surface area is 172 Å². The molecule has 0 radical (unpaired) electrons. The Morgan fingerprint density at radius 3 is 2.66 bits per heavy atom. The van der Waals surface area contributed by atoms with Crippen LogP contribution in [-0.4, -0.2) is 43.4 Å². The van der Waals surface area contributed by atoms with E-state index in [2.05, 4.69) is 15.6 Å². The number of ether oxygens (including phenoxy) is 1. The van der Waals surface area contributed by atoms with Gasteiger partial charge < -0.3 is 20.5 Å². The molecule has 1 unspecified atom stereocenters. The highest BCUT2D eigenvalue weighted by molar-refractivity contribution is 5.79. The van der Waals surface area contributed by atoms with Gasteiger partial charge in [-0.25, -0.2) is 4.39 Å². The molecule has 5 nitrogen and oxygen atoms in total. The van der Waals surface area contributed by atoms with Gasteiger partial charge in [0, 0.05) is 18.5 Å². The van der Waals surface area contributed by atoms with Crippen LogP contribution in [0.2, 0.25) is 0 Å². The minimum absolute atomic E-state index is 0.0676. The predicted molar refractivity (Wildman–Crippen MR) is 113 cm³/mol. The summed E-state index contributed by atoms with van der Waals surface area (Å²) < 4.78 is 19.1. The van der Waals surface area contributed by atoms with E-state index in [4.69, 9.17) is 4.74 Å². The first-order chi connectivity index (χ1) is 14.1. The minimum Gasteiger partial charge on any atom is -0.389 e. The van der Waals surface area contributed by atoms with Crippen LogP contribution in [0.1, 0.15) is 30.9 Å². The molecule has 1 saturated carbocycles. The van der Waals surface area contributed by atoms with Gasteiger partial charge in [-0.1, -0.05) is 42.5 Å². The number of nitrogens with zero attached hydrogens (tertiary/aromatic N) is 1. The molecule has 1 aliphatic carbocycles. The fourth-order valence-corrected chi connectivity index (χ4v) is 3.24. The van der Waals surface area contributed by atoms with E-state index in [9.17, 15) is 9.50 Å². The lowest BCUT2D eigenvalue weighted by molar-refractivity contribution is 0.0308. The molecule has 0 heterocycles. The molecule has 0 bridgehead atoms. The molecule has 0 aromatic heterocycles. The molecule has 0 spiro atoms. The number of nitrogens with one attached hydrogen (secondary N) is 2. The second kappa shape index (κ2) is 10.4.